The Morgan fingerprint density at radius 2 is 2.04 bits per heavy atom. The first-order valence-electron chi connectivity index (χ1n) is 8.81. The van der Waals surface area contributed by atoms with Gasteiger partial charge < -0.3 is 10.6 Å². The van der Waals surface area contributed by atoms with Gasteiger partial charge in [-0.15, -0.1) is 0 Å². The zero-order chi connectivity index (χ0) is 17.5. The fourth-order valence-electron chi connectivity index (χ4n) is 3.23. The van der Waals surface area contributed by atoms with Crippen LogP contribution in [0.2, 0.25) is 0 Å². The molecule has 0 radical (unpaired) electrons. The molecule has 5 nitrogen and oxygen atoms in total. The third-order valence-electron chi connectivity index (χ3n) is 4.97. The van der Waals surface area contributed by atoms with E-state index < -0.39 is 0 Å². The molecule has 0 aromatic heterocycles. The van der Waals surface area contributed by atoms with Crippen LogP contribution in [0.5, 0.6) is 0 Å². The molecule has 0 aliphatic carbocycles. The fourth-order valence-corrected chi connectivity index (χ4v) is 3.23. The first-order chi connectivity index (χ1) is 11.5. The van der Waals surface area contributed by atoms with Crippen molar-refractivity contribution in [3.05, 3.63) is 35.9 Å². The zero-order valence-corrected chi connectivity index (χ0v) is 14.8. The molecular formula is C19H29N3O2. The molecule has 1 aromatic carbocycles. The number of likely N-dealkylation sites (N-methyl/N-ethyl adjacent to an activating group) is 1. The van der Waals surface area contributed by atoms with Gasteiger partial charge in [-0.2, -0.15) is 0 Å². The van der Waals surface area contributed by atoms with E-state index >= 15 is 0 Å². The second kappa shape index (κ2) is 8.83. The number of primary amides is 1. The van der Waals surface area contributed by atoms with Crippen molar-refractivity contribution >= 4 is 11.8 Å². The number of nitrogens with zero attached hydrogens (tertiary/aromatic N) is 2. The van der Waals surface area contributed by atoms with Crippen LogP contribution in [-0.4, -0.2) is 54.3 Å². The molecule has 2 amide bonds. The summed E-state index contributed by atoms with van der Waals surface area (Å²) < 4.78 is 0. The number of benzene rings is 1. The average molecular weight is 331 g/mol. The number of rotatable bonds is 7. The average Bonchev–Trinajstić information content (AvgIpc) is 2.61. The predicted molar refractivity (Wildman–Crippen MR) is 95.4 cm³/mol. The van der Waals surface area contributed by atoms with Crippen LogP contribution in [0, 0.1) is 5.92 Å². The second-order valence-corrected chi connectivity index (χ2v) is 6.77. The Labute approximate surface area is 144 Å². The highest BCUT2D eigenvalue weighted by Gasteiger charge is 2.30. The summed E-state index contributed by atoms with van der Waals surface area (Å²) in [5.74, 6) is -0.391. The van der Waals surface area contributed by atoms with Gasteiger partial charge in [0.25, 0.3) is 0 Å². The Balaban J connectivity index is 1.80. The molecule has 2 atom stereocenters. The molecule has 1 aliphatic heterocycles. The SMILES string of the molecule is CC(C(=O)N1CCCC(C(N)=O)C1)N(C)CCCc1ccccc1. The molecule has 2 unspecified atom stereocenters. The fraction of sp³-hybridized carbons (Fsp3) is 0.579. The quantitative estimate of drug-likeness (QED) is 0.826. The number of hydrogen-bond donors (Lipinski definition) is 1. The highest BCUT2D eigenvalue weighted by Crippen LogP contribution is 2.18. The normalized spacial score (nSPS) is 19.3. The minimum atomic E-state index is -0.295. The zero-order valence-electron chi connectivity index (χ0n) is 14.8. The highest BCUT2D eigenvalue weighted by molar-refractivity contribution is 5.83. The summed E-state index contributed by atoms with van der Waals surface area (Å²) in [6.45, 7) is 4.01. The van der Waals surface area contributed by atoms with Gasteiger partial charge in [0.2, 0.25) is 11.8 Å². The number of likely N-dealkylation sites (tertiary alicyclic amines) is 1. The van der Waals surface area contributed by atoms with E-state index in [0.29, 0.717) is 6.54 Å². The van der Waals surface area contributed by atoms with E-state index in [9.17, 15) is 9.59 Å². The van der Waals surface area contributed by atoms with Crippen molar-refractivity contribution in [3.8, 4) is 0 Å². The van der Waals surface area contributed by atoms with E-state index in [0.717, 1.165) is 38.8 Å². The van der Waals surface area contributed by atoms with Crippen LogP contribution in [0.3, 0.4) is 0 Å². The summed E-state index contributed by atoms with van der Waals surface area (Å²) in [5.41, 5.74) is 6.72. The summed E-state index contributed by atoms with van der Waals surface area (Å²) in [6, 6.07) is 10.2. The maximum atomic E-state index is 12.7. The Kier molecular flexibility index (Phi) is 6.79. The lowest BCUT2D eigenvalue weighted by atomic mass is 9.97. The molecule has 132 valence electrons. The largest absolute Gasteiger partial charge is 0.369 e. The van der Waals surface area contributed by atoms with Gasteiger partial charge in [-0.05, 0) is 51.8 Å². The molecular weight excluding hydrogens is 302 g/mol. The summed E-state index contributed by atoms with van der Waals surface area (Å²) in [5, 5.41) is 0. The van der Waals surface area contributed by atoms with E-state index in [1.807, 2.05) is 20.0 Å². The minimum Gasteiger partial charge on any atom is -0.369 e. The van der Waals surface area contributed by atoms with Crippen molar-refractivity contribution in [3.63, 3.8) is 0 Å². The molecule has 5 heteroatoms. The number of nitrogens with two attached hydrogens (primary N) is 1. The van der Waals surface area contributed by atoms with Crippen molar-refractivity contribution in [2.75, 3.05) is 26.7 Å². The third-order valence-corrected chi connectivity index (χ3v) is 4.97. The molecule has 1 fully saturated rings. The topological polar surface area (TPSA) is 66.6 Å². The van der Waals surface area contributed by atoms with Gasteiger partial charge >= 0.3 is 0 Å². The van der Waals surface area contributed by atoms with Gasteiger partial charge in [0, 0.05) is 13.1 Å². The van der Waals surface area contributed by atoms with Gasteiger partial charge in [-0.3, -0.25) is 14.5 Å². The second-order valence-electron chi connectivity index (χ2n) is 6.77. The third kappa shape index (κ3) is 5.06. The van der Waals surface area contributed by atoms with Crippen LogP contribution < -0.4 is 5.73 Å². The van der Waals surface area contributed by atoms with Crippen LogP contribution in [0.4, 0.5) is 0 Å². The van der Waals surface area contributed by atoms with Gasteiger partial charge in [0.15, 0.2) is 0 Å². The monoisotopic (exact) mass is 331 g/mol. The first-order valence-corrected chi connectivity index (χ1v) is 8.81. The van der Waals surface area contributed by atoms with Crippen LogP contribution >= 0.6 is 0 Å². The molecule has 0 bridgehead atoms. The number of hydrogen-bond acceptors (Lipinski definition) is 3. The van der Waals surface area contributed by atoms with Crippen molar-refractivity contribution in [2.45, 2.75) is 38.6 Å². The Morgan fingerprint density at radius 3 is 2.71 bits per heavy atom. The molecule has 1 aromatic rings. The number of carbonyl (C=O) groups is 2. The molecule has 2 N–H and O–H groups in total. The molecule has 0 spiro atoms. The van der Waals surface area contributed by atoms with Crippen molar-refractivity contribution in [2.24, 2.45) is 11.7 Å². The summed E-state index contributed by atoms with van der Waals surface area (Å²) in [4.78, 5) is 27.9. The number of aryl methyl sites for hydroxylation is 1. The molecule has 0 saturated carbocycles. The lowest BCUT2D eigenvalue weighted by Gasteiger charge is -2.35. The lowest BCUT2D eigenvalue weighted by molar-refractivity contribution is -0.139. The maximum Gasteiger partial charge on any atom is 0.239 e. The van der Waals surface area contributed by atoms with Crippen molar-refractivity contribution in [1.29, 1.82) is 0 Å². The van der Waals surface area contributed by atoms with Crippen LogP contribution in [-0.2, 0) is 16.0 Å². The van der Waals surface area contributed by atoms with Crippen LogP contribution in [0.15, 0.2) is 30.3 Å². The summed E-state index contributed by atoms with van der Waals surface area (Å²) in [6.07, 6.45) is 3.67. The van der Waals surface area contributed by atoms with Crippen LogP contribution in [0.25, 0.3) is 0 Å². The van der Waals surface area contributed by atoms with Gasteiger partial charge in [0.05, 0.1) is 12.0 Å². The number of carbonyl (C=O) groups excluding carboxylic acids is 2. The molecule has 1 saturated heterocycles. The van der Waals surface area contributed by atoms with Crippen molar-refractivity contribution in [1.82, 2.24) is 9.80 Å². The van der Waals surface area contributed by atoms with Gasteiger partial charge in [-0.1, -0.05) is 30.3 Å². The lowest BCUT2D eigenvalue weighted by Crippen LogP contribution is -2.51. The maximum absolute atomic E-state index is 12.7. The Bertz CT molecular complexity index is 547. The summed E-state index contributed by atoms with van der Waals surface area (Å²) >= 11 is 0. The Hall–Kier alpha value is -1.88. The van der Waals surface area contributed by atoms with E-state index in [4.69, 9.17) is 5.73 Å². The van der Waals surface area contributed by atoms with E-state index in [1.165, 1.54) is 5.56 Å². The predicted octanol–water partition coefficient (Wildman–Crippen LogP) is 1.66. The molecule has 1 aliphatic rings. The molecule has 1 heterocycles. The molecule has 24 heavy (non-hydrogen) atoms. The Morgan fingerprint density at radius 1 is 1.33 bits per heavy atom. The summed E-state index contributed by atoms with van der Waals surface area (Å²) in [7, 11) is 1.99. The number of amides is 2. The smallest absolute Gasteiger partial charge is 0.239 e. The first kappa shape index (κ1) is 18.5. The van der Waals surface area contributed by atoms with E-state index in [-0.39, 0.29) is 23.8 Å². The molecule has 2 rings (SSSR count). The highest BCUT2D eigenvalue weighted by atomic mass is 16.2. The number of piperidine rings is 1. The van der Waals surface area contributed by atoms with Gasteiger partial charge in [-0.25, -0.2) is 0 Å². The van der Waals surface area contributed by atoms with E-state index in [1.54, 1.807) is 4.90 Å². The minimum absolute atomic E-state index is 0.100. The van der Waals surface area contributed by atoms with E-state index in [2.05, 4.69) is 29.2 Å². The van der Waals surface area contributed by atoms with Gasteiger partial charge in [0.1, 0.15) is 0 Å². The van der Waals surface area contributed by atoms with Crippen LogP contribution in [0.1, 0.15) is 31.7 Å². The standard InChI is InChI=1S/C19H29N3O2/c1-15(19(24)22-13-7-11-17(14-22)18(20)23)21(2)12-6-10-16-8-4-3-5-9-16/h3-5,8-9,15,17H,6-7,10-14H2,1-2H3,(H2,20,23). The van der Waals surface area contributed by atoms with Crippen molar-refractivity contribution < 1.29 is 9.59 Å².